The van der Waals surface area contributed by atoms with E-state index in [0.29, 0.717) is 55.2 Å². The molecule has 0 atom stereocenters. The van der Waals surface area contributed by atoms with E-state index in [9.17, 15) is 54.2 Å². The van der Waals surface area contributed by atoms with Crippen LogP contribution in [0.3, 0.4) is 0 Å². The van der Waals surface area contributed by atoms with Crippen LogP contribution in [0.15, 0.2) is 227 Å². The Morgan fingerprint density at radius 2 is 0.968 bits per heavy atom. The number of anilines is 2. The molecule has 4 heterocycles. The molecule has 480 valence electrons. The number of nitrogens with zero attached hydrogens (tertiary/aromatic N) is 6. The van der Waals surface area contributed by atoms with Crippen molar-refractivity contribution < 1.29 is 77.6 Å². The lowest BCUT2D eigenvalue weighted by atomic mass is 9.80. The highest BCUT2D eigenvalue weighted by Gasteiger charge is 2.30. The summed E-state index contributed by atoms with van der Waals surface area (Å²) in [7, 11) is -7.14. The van der Waals surface area contributed by atoms with Crippen LogP contribution >= 0.6 is 27.5 Å². The molecule has 0 unspecified atom stereocenters. The Balaban J connectivity index is 0.000000178. The zero-order valence-corrected chi connectivity index (χ0v) is 52.5. The Morgan fingerprint density at radius 1 is 0.543 bits per heavy atom. The molecule has 94 heavy (non-hydrogen) atoms. The molecule has 0 aliphatic rings. The van der Waals surface area contributed by atoms with E-state index in [0.717, 1.165) is 55.6 Å². The Hall–Kier alpha value is -10.3. The minimum absolute atomic E-state index is 0.0122. The van der Waals surface area contributed by atoms with Gasteiger partial charge in [0.25, 0.3) is 31.2 Å². The number of phenolic OH excluding ortho intramolecular Hbond substituents is 2. The molecule has 0 radical (unpaired) electrons. The molecular weight excluding hydrogens is 1360 g/mol. The first-order valence-corrected chi connectivity index (χ1v) is 31.3. The second-order valence-electron chi connectivity index (χ2n) is 20.2. The van der Waals surface area contributed by atoms with E-state index in [2.05, 4.69) is 26.2 Å². The van der Waals surface area contributed by atoms with Crippen LogP contribution in [0.4, 0.5) is 33.6 Å². The molecular formula is C64H46BBrClF5N6O14S2. The van der Waals surface area contributed by atoms with Crippen molar-refractivity contribution in [1.82, 2.24) is 19.4 Å². The minimum Gasteiger partial charge on any atom is -0.506 e. The average molecular weight is 1410 g/mol. The fourth-order valence-corrected chi connectivity index (χ4v) is 13.0. The van der Waals surface area contributed by atoms with E-state index in [-0.39, 0.29) is 79.1 Å². The molecule has 12 aromatic rings. The highest BCUT2D eigenvalue weighted by Crippen LogP contribution is 2.37. The summed E-state index contributed by atoms with van der Waals surface area (Å²) in [5.41, 5.74) is 0.0651. The summed E-state index contributed by atoms with van der Waals surface area (Å²) in [5.74, 6) is -3.83. The third-order valence-corrected chi connectivity index (χ3v) is 18.8. The van der Waals surface area contributed by atoms with Gasteiger partial charge in [0.1, 0.15) is 64.6 Å². The van der Waals surface area contributed by atoms with Crippen LogP contribution in [0.5, 0.6) is 23.0 Å². The number of sulfonamides is 2. The van der Waals surface area contributed by atoms with Crippen LogP contribution in [0.1, 0.15) is 11.1 Å². The van der Waals surface area contributed by atoms with E-state index in [1.165, 1.54) is 103 Å². The maximum absolute atomic E-state index is 15.3. The number of aromatic hydroxyl groups is 2. The summed E-state index contributed by atoms with van der Waals surface area (Å²) < 4.78 is 148. The first-order valence-electron chi connectivity index (χ1n) is 27.3. The van der Waals surface area contributed by atoms with Gasteiger partial charge in [0.15, 0.2) is 11.6 Å². The Bertz CT molecular complexity index is 5120. The van der Waals surface area contributed by atoms with Crippen molar-refractivity contribution in [3.63, 3.8) is 0 Å². The van der Waals surface area contributed by atoms with Crippen molar-refractivity contribution in [3.05, 3.63) is 265 Å². The predicted molar refractivity (Wildman–Crippen MR) is 342 cm³/mol. The molecule has 0 aliphatic carbocycles. The van der Waals surface area contributed by atoms with Gasteiger partial charge in [-0.1, -0.05) is 46.2 Å². The van der Waals surface area contributed by atoms with Crippen molar-refractivity contribution >= 4 is 93.6 Å². The van der Waals surface area contributed by atoms with Gasteiger partial charge in [0.2, 0.25) is 0 Å². The largest absolute Gasteiger partial charge is 0.506 e. The van der Waals surface area contributed by atoms with Gasteiger partial charge in [-0.25, -0.2) is 47.4 Å². The number of fused-ring (bicyclic) bond motifs is 2. The van der Waals surface area contributed by atoms with E-state index in [1.54, 1.807) is 55.6 Å². The van der Waals surface area contributed by atoms with Gasteiger partial charge < -0.3 is 38.8 Å². The van der Waals surface area contributed by atoms with Gasteiger partial charge >= 0.3 is 7.12 Å². The van der Waals surface area contributed by atoms with Crippen LogP contribution in [-0.4, -0.2) is 77.9 Å². The second kappa shape index (κ2) is 27.9. The normalized spacial score (nSPS) is 11.4. The molecule has 0 spiro atoms. The van der Waals surface area contributed by atoms with Crippen molar-refractivity contribution in [1.29, 1.82) is 0 Å². The fourth-order valence-electron chi connectivity index (χ4n) is 9.65. The summed E-state index contributed by atoms with van der Waals surface area (Å²) in [5, 5.41) is 47.0. The predicted octanol–water partition coefficient (Wildman–Crippen LogP) is 11.3. The summed E-state index contributed by atoms with van der Waals surface area (Å²) in [6.07, 6.45) is 2.54. The summed E-state index contributed by atoms with van der Waals surface area (Å²) >= 11 is 9.46. The number of halogens is 7. The Kier molecular flexibility index (Phi) is 19.8. The molecule has 20 nitrogen and oxygen atoms in total. The monoisotopic (exact) mass is 1410 g/mol. The number of phenols is 2. The van der Waals surface area contributed by atoms with Gasteiger partial charge in [-0.2, -0.15) is 0 Å². The standard InChI is InChI=1S/C32H22F3N3O6S.C26H19BrClN3O6S.C6H5BF2O2/c1-43-24-5-2-19(3-6-24)18-37(31-10-11-44-36-31)45(41,42)25-7-8-28-20(14-25)4-9-32(40)38(28)29-17-27(35)26(16-30(29)39)21-12-22(33)15-23(34)13-21;1-36-18-5-2-16(3-6-18)15-30(25-10-11-37-29-25)38(34,35)19-7-8-22-17(12-19)4-9-26(33)31(22)23-14-21(28)20(27)13-24(23)32;8-5-1-4(7(10)11)2-6(9)3-5/h2-17,39H,18H2,1H3;2-14,32H,15H2,1H3;1-3,10-11H. The number of benzene rings is 8. The fraction of sp³-hybridized carbons (Fsp3) is 0.0625. The number of methoxy groups -OCH3 is 2. The van der Waals surface area contributed by atoms with Crippen molar-refractivity contribution in [2.24, 2.45) is 0 Å². The third-order valence-electron chi connectivity index (χ3n) is 14.2. The van der Waals surface area contributed by atoms with E-state index < -0.39 is 73.1 Å². The van der Waals surface area contributed by atoms with Crippen molar-refractivity contribution in [2.45, 2.75) is 22.9 Å². The number of rotatable bonds is 16. The highest BCUT2D eigenvalue weighted by atomic mass is 79.9. The van der Waals surface area contributed by atoms with Crippen molar-refractivity contribution in [2.75, 3.05) is 22.8 Å². The van der Waals surface area contributed by atoms with Crippen LogP contribution in [0.2, 0.25) is 5.02 Å². The SMILES string of the molecule is COc1ccc(CN(c2ccon2)S(=O)(=O)c2ccc3c(ccc(=O)n3-c3cc(Cl)c(Br)cc3O)c2)cc1.COc1ccc(CN(c2ccon2)S(=O)(=O)c2ccc3c(ccc(=O)n3-c3cc(F)c(-c4cc(F)cc(F)c4)cc3O)c2)cc1.OB(O)c1cc(F)cc(F)c1. The van der Waals surface area contributed by atoms with Crippen LogP contribution < -0.4 is 34.7 Å². The zero-order valence-electron chi connectivity index (χ0n) is 48.5. The average Bonchev–Trinajstić information content (AvgIpc) is 0.849. The number of hydrogen-bond donors (Lipinski definition) is 4. The van der Waals surface area contributed by atoms with Crippen LogP contribution in [0, 0.1) is 29.1 Å². The van der Waals surface area contributed by atoms with Gasteiger partial charge in [-0.3, -0.25) is 18.7 Å². The minimum atomic E-state index is -4.25. The van der Waals surface area contributed by atoms with E-state index >= 15 is 4.39 Å². The molecule has 4 aromatic heterocycles. The van der Waals surface area contributed by atoms with Gasteiger partial charge in [0, 0.05) is 63.3 Å². The Morgan fingerprint density at radius 3 is 1.38 bits per heavy atom. The molecule has 4 N–H and O–H groups in total. The summed E-state index contributed by atoms with van der Waals surface area (Å²) in [6, 6.07) is 39.8. The maximum Gasteiger partial charge on any atom is 0.488 e. The zero-order chi connectivity index (χ0) is 67.3. The molecule has 8 aromatic carbocycles. The number of hydrogen-bond acceptors (Lipinski definition) is 16. The number of ether oxygens (including phenoxy) is 2. The van der Waals surface area contributed by atoms with Crippen molar-refractivity contribution in [3.8, 4) is 45.5 Å². The van der Waals surface area contributed by atoms with E-state index in [4.69, 9.17) is 40.2 Å². The number of aromatic nitrogens is 4. The topological polar surface area (TPSA) is 270 Å². The van der Waals surface area contributed by atoms with Gasteiger partial charge in [-0.05, 0) is 153 Å². The molecule has 0 amide bonds. The molecule has 0 saturated carbocycles. The first kappa shape index (κ1) is 66.6. The first-order chi connectivity index (χ1) is 44.8. The number of pyridine rings is 2. The maximum atomic E-state index is 15.3. The molecule has 12 rings (SSSR count). The third kappa shape index (κ3) is 14.5. The molecule has 0 aliphatic heterocycles. The van der Waals surface area contributed by atoms with Gasteiger partial charge in [0.05, 0.1) is 64.5 Å². The molecule has 30 heteroatoms. The summed E-state index contributed by atoms with van der Waals surface area (Å²) in [4.78, 5) is 25.7. The molecule has 0 saturated heterocycles. The summed E-state index contributed by atoms with van der Waals surface area (Å²) in [6.45, 7) is -0.104. The lowest BCUT2D eigenvalue weighted by molar-refractivity contribution is 0.414. The quantitative estimate of drug-likeness (QED) is 0.0517. The lowest BCUT2D eigenvalue weighted by Crippen LogP contribution is -2.31. The lowest BCUT2D eigenvalue weighted by Gasteiger charge is -2.22. The second-order valence-corrected chi connectivity index (χ2v) is 25.2. The molecule has 0 bridgehead atoms. The van der Waals surface area contributed by atoms with Crippen LogP contribution in [-0.2, 0) is 33.1 Å². The highest BCUT2D eigenvalue weighted by molar-refractivity contribution is 9.10. The van der Waals surface area contributed by atoms with E-state index in [1.807, 2.05) is 0 Å². The molecule has 0 fully saturated rings. The van der Waals surface area contributed by atoms with Gasteiger partial charge in [-0.15, -0.1) is 0 Å². The van der Waals surface area contributed by atoms with Crippen LogP contribution in [0.25, 0.3) is 44.3 Å². The smallest absolute Gasteiger partial charge is 0.488 e. The Labute approximate surface area is 543 Å².